The predicted octanol–water partition coefficient (Wildman–Crippen LogP) is 4.32. The van der Waals surface area contributed by atoms with Crippen LogP contribution in [0.5, 0.6) is 0 Å². The summed E-state index contributed by atoms with van der Waals surface area (Å²) in [6.07, 6.45) is 0. The molecule has 0 saturated heterocycles. The lowest BCUT2D eigenvalue weighted by molar-refractivity contribution is -0.160. The number of aryl methyl sites for hydroxylation is 1. The minimum Gasteiger partial charge on any atom is -0.468 e. The number of hydrogen-bond donors (Lipinski definition) is 0. The molecule has 28 heavy (non-hydrogen) atoms. The first-order valence-corrected chi connectivity index (χ1v) is 9.61. The fourth-order valence-corrected chi connectivity index (χ4v) is 3.51. The molecule has 5 nitrogen and oxygen atoms in total. The monoisotopic (exact) mass is 446 g/mol. The highest BCUT2D eigenvalue weighted by Crippen LogP contribution is 2.36. The smallest absolute Gasteiger partial charge is 0.320 e. The lowest BCUT2D eigenvalue weighted by atomic mass is 9.74. The molecule has 0 radical (unpaired) electrons. The van der Waals surface area contributed by atoms with E-state index in [-0.39, 0.29) is 5.78 Å². The van der Waals surface area contributed by atoms with E-state index in [1.165, 1.54) is 14.2 Å². The van der Waals surface area contributed by atoms with Crippen LogP contribution >= 0.6 is 15.9 Å². The molecule has 0 bridgehead atoms. The summed E-state index contributed by atoms with van der Waals surface area (Å²) in [5, 5.41) is 0. The number of methoxy groups -OCH3 is 2. The SMILES string of the molecule is COC(=O)C(C(=O)OC)[C@H](c1ccc(Br)cc1)[C@H](C)C(=O)c1ccc(C)cc1. The number of benzene rings is 2. The van der Waals surface area contributed by atoms with Gasteiger partial charge in [0.2, 0.25) is 0 Å². The summed E-state index contributed by atoms with van der Waals surface area (Å²) >= 11 is 3.38. The van der Waals surface area contributed by atoms with Gasteiger partial charge in [-0.05, 0) is 24.6 Å². The summed E-state index contributed by atoms with van der Waals surface area (Å²) in [4.78, 5) is 38.1. The van der Waals surface area contributed by atoms with E-state index in [1.54, 1.807) is 43.3 Å². The molecule has 0 aliphatic rings. The molecule has 0 unspecified atom stereocenters. The van der Waals surface area contributed by atoms with Crippen LogP contribution in [0.1, 0.15) is 34.3 Å². The molecule has 0 N–H and O–H groups in total. The number of ketones is 1. The van der Waals surface area contributed by atoms with Gasteiger partial charge in [-0.15, -0.1) is 0 Å². The van der Waals surface area contributed by atoms with E-state index in [0.717, 1.165) is 10.0 Å². The predicted molar refractivity (Wildman–Crippen MR) is 109 cm³/mol. The van der Waals surface area contributed by atoms with E-state index in [2.05, 4.69) is 15.9 Å². The van der Waals surface area contributed by atoms with Gasteiger partial charge in [-0.25, -0.2) is 0 Å². The maximum absolute atomic E-state index is 13.2. The first-order chi connectivity index (χ1) is 13.3. The maximum atomic E-state index is 13.2. The van der Waals surface area contributed by atoms with E-state index in [1.807, 2.05) is 19.1 Å². The van der Waals surface area contributed by atoms with Crippen molar-refractivity contribution in [3.05, 3.63) is 69.7 Å². The van der Waals surface area contributed by atoms with Crippen molar-refractivity contribution in [2.75, 3.05) is 14.2 Å². The first-order valence-electron chi connectivity index (χ1n) is 8.82. The molecule has 2 aromatic rings. The topological polar surface area (TPSA) is 69.7 Å². The van der Waals surface area contributed by atoms with Crippen LogP contribution in [-0.4, -0.2) is 31.9 Å². The summed E-state index contributed by atoms with van der Waals surface area (Å²) in [6.45, 7) is 3.65. The van der Waals surface area contributed by atoms with Gasteiger partial charge in [0.1, 0.15) is 0 Å². The fraction of sp³-hybridized carbons (Fsp3) is 0.318. The zero-order valence-electron chi connectivity index (χ0n) is 16.3. The Morgan fingerprint density at radius 3 is 1.82 bits per heavy atom. The number of carbonyl (C=O) groups excluding carboxylic acids is 3. The molecule has 2 atom stereocenters. The Morgan fingerprint density at radius 1 is 0.857 bits per heavy atom. The molecule has 148 valence electrons. The van der Waals surface area contributed by atoms with Gasteiger partial charge in [0.25, 0.3) is 0 Å². The number of ether oxygens (including phenoxy) is 2. The van der Waals surface area contributed by atoms with Gasteiger partial charge in [-0.3, -0.25) is 14.4 Å². The second kappa shape index (κ2) is 9.64. The Balaban J connectivity index is 2.53. The minimum absolute atomic E-state index is 0.161. The Bertz CT molecular complexity index is 826. The second-order valence-corrected chi connectivity index (χ2v) is 7.54. The van der Waals surface area contributed by atoms with E-state index < -0.39 is 29.7 Å². The Kier molecular flexibility index (Phi) is 7.52. The summed E-state index contributed by atoms with van der Waals surface area (Å²) in [5.41, 5.74) is 2.24. The van der Waals surface area contributed by atoms with Crippen molar-refractivity contribution in [2.24, 2.45) is 11.8 Å². The zero-order valence-corrected chi connectivity index (χ0v) is 17.9. The number of halogens is 1. The van der Waals surface area contributed by atoms with Crippen LogP contribution in [-0.2, 0) is 19.1 Å². The maximum Gasteiger partial charge on any atom is 0.320 e. The molecule has 2 rings (SSSR count). The third kappa shape index (κ3) is 4.87. The van der Waals surface area contributed by atoms with Crippen molar-refractivity contribution in [3.63, 3.8) is 0 Å². The van der Waals surface area contributed by atoms with E-state index in [9.17, 15) is 14.4 Å². The van der Waals surface area contributed by atoms with Gasteiger partial charge in [-0.1, -0.05) is 64.8 Å². The molecule has 2 aromatic carbocycles. The third-order valence-electron chi connectivity index (χ3n) is 4.81. The summed E-state index contributed by atoms with van der Waals surface area (Å²) < 4.78 is 10.6. The van der Waals surface area contributed by atoms with Gasteiger partial charge in [0, 0.05) is 21.9 Å². The zero-order chi connectivity index (χ0) is 20.8. The molecule has 0 aliphatic heterocycles. The largest absolute Gasteiger partial charge is 0.468 e. The number of rotatable bonds is 7. The first kappa shape index (κ1) is 21.8. The van der Waals surface area contributed by atoms with Crippen LogP contribution in [0.15, 0.2) is 53.0 Å². The van der Waals surface area contributed by atoms with Gasteiger partial charge in [0.05, 0.1) is 14.2 Å². The molecule has 0 amide bonds. The van der Waals surface area contributed by atoms with Gasteiger partial charge >= 0.3 is 11.9 Å². The number of Topliss-reactive ketones (excluding diaryl/α,β-unsaturated/α-hetero) is 1. The number of hydrogen-bond acceptors (Lipinski definition) is 5. The van der Waals surface area contributed by atoms with Crippen LogP contribution in [0.2, 0.25) is 0 Å². The quantitative estimate of drug-likeness (QED) is 0.359. The lowest BCUT2D eigenvalue weighted by Crippen LogP contribution is -2.37. The fourth-order valence-electron chi connectivity index (χ4n) is 3.24. The van der Waals surface area contributed by atoms with Crippen molar-refractivity contribution in [3.8, 4) is 0 Å². The van der Waals surface area contributed by atoms with Gasteiger partial charge < -0.3 is 9.47 Å². The van der Waals surface area contributed by atoms with Crippen LogP contribution in [0, 0.1) is 18.8 Å². The normalized spacial score (nSPS) is 12.9. The van der Waals surface area contributed by atoms with Crippen LogP contribution in [0.25, 0.3) is 0 Å². The number of esters is 2. The number of carbonyl (C=O) groups is 3. The summed E-state index contributed by atoms with van der Waals surface area (Å²) in [5.74, 6) is -4.27. The lowest BCUT2D eigenvalue weighted by Gasteiger charge is -2.28. The van der Waals surface area contributed by atoms with Crippen molar-refractivity contribution >= 4 is 33.7 Å². The highest BCUT2D eigenvalue weighted by atomic mass is 79.9. The molecule has 0 heterocycles. The van der Waals surface area contributed by atoms with Crippen LogP contribution in [0.3, 0.4) is 0 Å². The molecule has 0 saturated carbocycles. The molecule has 0 fully saturated rings. The average Bonchev–Trinajstić information content (AvgIpc) is 2.71. The Morgan fingerprint density at radius 2 is 1.36 bits per heavy atom. The Labute approximate surface area is 173 Å². The molecular weight excluding hydrogens is 424 g/mol. The van der Waals surface area contributed by atoms with E-state index in [0.29, 0.717) is 11.1 Å². The molecule has 0 aromatic heterocycles. The highest BCUT2D eigenvalue weighted by molar-refractivity contribution is 9.10. The van der Waals surface area contributed by atoms with Crippen molar-refractivity contribution in [1.82, 2.24) is 0 Å². The van der Waals surface area contributed by atoms with Crippen LogP contribution in [0.4, 0.5) is 0 Å². The van der Waals surface area contributed by atoms with Crippen molar-refractivity contribution < 1.29 is 23.9 Å². The third-order valence-corrected chi connectivity index (χ3v) is 5.34. The van der Waals surface area contributed by atoms with E-state index in [4.69, 9.17) is 9.47 Å². The molecule has 6 heteroatoms. The summed E-state index contributed by atoms with van der Waals surface area (Å²) in [6, 6.07) is 14.4. The van der Waals surface area contributed by atoms with Crippen LogP contribution < -0.4 is 0 Å². The summed E-state index contributed by atoms with van der Waals surface area (Å²) in [7, 11) is 2.42. The molecular formula is C22H23BrO5. The second-order valence-electron chi connectivity index (χ2n) is 6.62. The van der Waals surface area contributed by atoms with Gasteiger partial charge in [0.15, 0.2) is 11.7 Å². The van der Waals surface area contributed by atoms with Crippen molar-refractivity contribution in [1.29, 1.82) is 0 Å². The highest BCUT2D eigenvalue weighted by Gasteiger charge is 2.43. The van der Waals surface area contributed by atoms with E-state index >= 15 is 0 Å². The standard InChI is InChI=1S/C22H23BrO5/c1-13-5-7-16(8-6-13)20(24)14(2)18(15-9-11-17(23)12-10-15)19(21(25)27-3)22(26)28-4/h5-12,14,18-19H,1-4H3/t14-,18-/m0/s1. The van der Waals surface area contributed by atoms with Crippen molar-refractivity contribution in [2.45, 2.75) is 19.8 Å². The molecule has 0 spiro atoms. The minimum atomic E-state index is -1.25. The molecule has 0 aliphatic carbocycles. The Hall–Kier alpha value is -2.47. The average molecular weight is 447 g/mol. The van der Waals surface area contributed by atoms with Gasteiger partial charge in [-0.2, -0.15) is 0 Å².